The van der Waals surface area contributed by atoms with Crippen LogP contribution in [0.4, 0.5) is 9.93 Å². The van der Waals surface area contributed by atoms with Crippen LogP contribution in [0.15, 0.2) is 36.2 Å². The molecule has 2 aliphatic heterocycles. The summed E-state index contributed by atoms with van der Waals surface area (Å²) < 4.78 is 46.0. The highest BCUT2D eigenvalue weighted by Crippen LogP contribution is 2.46. The van der Waals surface area contributed by atoms with E-state index in [1.807, 2.05) is 37.4 Å². The maximum absolute atomic E-state index is 14.6. The molecule has 2 saturated carbocycles. The van der Waals surface area contributed by atoms with Crippen LogP contribution in [0, 0.1) is 11.8 Å². The molecule has 4 N–H and O–H groups in total. The number of cyclic esters (lactones) is 1. The molecule has 1 saturated heterocycles. The number of thiazole rings is 1. The number of carbonyl (C=O) groups excluding carboxylic acids is 4. The van der Waals surface area contributed by atoms with Gasteiger partial charge in [0.05, 0.1) is 36.7 Å². The summed E-state index contributed by atoms with van der Waals surface area (Å²) in [5.74, 6) is -1.81. The molecule has 16 nitrogen and oxygen atoms in total. The second-order valence-corrected chi connectivity index (χ2v) is 19.7. The van der Waals surface area contributed by atoms with Crippen molar-refractivity contribution in [2.24, 2.45) is 11.8 Å². The smallest absolute Gasteiger partial charge is 0.407 e. The quantitative estimate of drug-likeness (QED) is 0.187. The van der Waals surface area contributed by atoms with Crippen molar-refractivity contribution in [3.8, 4) is 22.9 Å². The first kappa shape index (κ1) is 43.1. The van der Waals surface area contributed by atoms with Crippen LogP contribution in [0.5, 0.6) is 11.5 Å². The first-order chi connectivity index (χ1) is 28.6. The summed E-state index contributed by atoms with van der Waals surface area (Å²) in [6, 6.07) is 3.69. The van der Waals surface area contributed by atoms with Crippen LogP contribution in [0.3, 0.4) is 0 Å². The fourth-order valence-corrected chi connectivity index (χ4v) is 10.2. The first-order valence-electron chi connectivity index (χ1n) is 20.8. The number of sulfonamides is 1. The molecular weight excluding hydrogens is 811 g/mol. The van der Waals surface area contributed by atoms with E-state index in [0.717, 1.165) is 30.0 Å². The van der Waals surface area contributed by atoms with Crippen molar-refractivity contribution in [3.63, 3.8) is 0 Å². The lowest BCUT2D eigenvalue weighted by Gasteiger charge is -2.31. The Morgan fingerprint density at radius 1 is 1.08 bits per heavy atom. The summed E-state index contributed by atoms with van der Waals surface area (Å²) in [5, 5.41) is 11.6. The molecule has 4 aliphatic rings. The number of amides is 4. The number of rotatable bonds is 11. The van der Waals surface area contributed by atoms with Gasteiger partial charge in [0.15, 0.2) is 5.13 Å². The minimum absolute atomic E-state index is 0.0188. The number of nitrogens with zero attached hydrogens (tertiary/aromatic N) is 3. The minimum atomic E-state index is -3.92. The maximum atomic E-state index is 14.6. The fraction of sp³-hybridized carbons (Fsp3) is 0.571. The Hall–Kier alpha value is -4.97. The van der Waals surface area contributed by atoms with Crippen LogP contribution in [0.25, 0.3) is 22.3 Å². The third-order valence-electron chi connectivity index (χ3n) is 11.5. The number of methoxy groups -OCH3 is 1. The standard InChI is InChI=1S/C42H55N7O9S2/c1-7-26-20-42(26,39(52)48-60(54,55)28-13-14-28)47-37(50)33-17-27-21-49(33)38(51)36(23(2)3)46-41(53)57-15-11-9-8-10-12-25-16-29-30(18-34(25)56-6)44-31(19-35(29)58-27)32-22-59-40(45-32)43-24(4)5/h7,16,18-19,22-24,26-28,33,36H,1,8-15,17,20-21H2,2-6H3,(H,43,45)(H,46,53)(H,47,50)(H,48,52)/t26-,27+,33-,36-,42+/m0/s1. The molecule has 2 aliphatic carbocycles. The molecule has 7 rings (SSSR count). The van der Waals surface area contributed by atoms with E-state index < -0.39 is 74.7 Å². The molecule has 18 heteroatoms. The van der Waals surface area contributed by atoms with Gasteiger partial charge in [-0.3, -0.25) is 19.1 Å². The lowest BCUT2D eigenvalue weighted by Crippen LogP contribution is -2.59. The van der Waals surface area contributed by atoms with Crippen LogP contribution >= 0.6 is 11.3 Å². The van der Waals surface area contributed by atoms with E-state index in [0.29, 0.717) is 59.5 Å². The van der Waals surface area contributed by atoms with E-state index in [1.54, 1.807) is 21.0 Å². The predicted molar refractivity (Wildman–Crippen MR) is 227 cm³/mol. The number of anilines is 1. The number of fused-ring (bicyclic) bond motifs is 3. The second-order valence-electron chi connectivity index (χ2n) is 16.9. The average molecular weight is 866 g/mol. The number of nitrogens with one attached hydrogen (secondary N) is 4. The third-order valence-corrected chi connectivity index (χ3v) is 14.1. The van der Waals surface area contributed by atoms with Gasteiger partial charge in [0.1, 0.15) is 40.9 Å². The summed E-state index contributed by atoms with van der Waals surface area (Å²) in [5.41, 5.74) is 1.19. The second kappa shape index (κ2) is 17.6. The molecule has 0 unspecified atom stereocenters. The SMILES string of the molecule is C=C[C@H]1C[C@]1(NC(=O)[C@@H]1C[C@@H]2CN1C(=O)[C@H](C(C)C)NC(=O)OCCCCCCc1cc3c(cc(-c4csc(NC(C)C)n4)nc3cc1OC)O2)C(=O)NS(=O)(=O)C1CC1. The van der Waals surface area contributed by atoms with E-state index in [2.05, 4.69) is 27.3 Å². The Balaban J connectivity index is 1.27. The van der Waals surface area contributed by atoms with Crippen molar-refractivity contribution < 1.29 is 41.8 Å². The lowest BCUT2D eigenvalue weighted by atomic mass is 10.0. The highest BCUT2D eigenvalue weighted by molar-refractivity contribution is 7.91. The molecule has 5 atom stereocenters. The number of aromatic nitrogens is 2. The van der Waals surface area contributed by atoms with Crippen molar-refractivity contribution in [1.29, 1.82) is 0 Å². The van der Waals surface area contributed by atoms with Crippen molar-refractivity contribution in [2.75, 3.05) is 25.6 Å². The third kappa shape index (κ3) is 9.33. The lowest BCUT2D eigenvalue weighted by molar-refractivity contribution is -0.141. The van der Waals surface area contributed by atoms with Crippen molar-refractivity contribution in [2.45, 2.75) is 121 Å². The predicted octanol–water partition coefficient (Wildman–Crippen LogP) is 5.07. The van der Waals surface area contributed by atoms with Gasteiger partial charge in [0.2, 0.25) is 21.8 Å². The number of pyridine rings is 1. The zero-order valence-corrected chi connectivity index (χ0v) is 36.4. The Labute approximate surface area is 354 Å². The fourth-order valence-electron chi connectivity index (χ4n) is 7.96. The molecule has 4 bridgehead atoms. The van der Waals surface area contributed by atoms with Gasteiger partial charge in [-0.25, -0.2) is 23.2 Å². The molecule has 324 valence electrons. The van der Waals surface area contributed by atoms with Crippen LogP contribution < -0.4 is 30.1 Å². The molecule has 60 heavy (non-hydrogen) atoms. The molecule has 2 aromatic heterocycles. The summed E-state index contributed by atoms with van der Waals surface area (Å²) >= 11 is 1.46. The van der Waals surface area contributed by atoms with Crippen LogP contribution in [-0.4, -0.2) is 102 Å². The van der Waals surface area contributed by atoms with Gasteiger partial charge in [-0.15, -0.1) is 17.9 Å². The molecule has 0 radical (unpaired) electrons. The van der Waals surface area contributed by atoms with E-state index in [9.17, 15) is 27.6 Å². The number of benzene rings is 1. The van der Waals surface area contributed by atoms with Gasteiger partial charge in [-0.05, 0) is 69.9 Å². The number of hydrogen-bond acceptors (Lipinski definition) is 13. The highest BCUT2D eigenvalue weighted by atomic mass is 32.2. The Morgan fingerprint density at radius 2 is 1.85 bits per heavy atom. The van der Waals surface area contributed by atoms with Crippen molar-refractivity contribution in [3.05, 3.63) is 41.8 Å². The topological polar surface area (TPSA) is 207 Å². The van der Waals surface area contributed by atoms with Gasteiger partial charge in [-0.2, -0.15) is 0 Å². The van der Waals surface area contributed by atoms with E-state index >= 15 is 0 Å². The molecule has 1 aromatic carbocycles. The van der Waals surface area contributed by atoms with Gasteiger partial charge >= 0.3 is 6.09 Å². The Morgan fingerprint density at radius 3 is 2.53 bits per heavy atom. The summed E-state index contributed by atoms with van der Waals surface area (Å²) in [7, 11) is -2.29. The van der Waals surface area contributed by atoms with E-state index in [-0.39, 0.29) is 32.0 Å². The highest BCUT2D eigenvalue weighted by Gasteiger charge is 2.62. The molecule has 4 heterocycles. The van der Waals surface area contributed by atoms with Gasteiger partial charge < -0.3 is 35.1 Å². The molecule has 3 aromatic rings. The van der Waals surface area contributed by atoms with Gasteiger partial charge in [0.25, 0.3) is 5.91 Å². The summed E-state index contributed by atoms with van der Waals surface area (Å²) in [4.78, 5) is 66.9. The van der Waals surface area contributed by atoms with E-state index in [1.165, 1.54) is 22.3 Å². The van der Waals surface area contributed by atoms with Crippen LogP contribution in [0.2, 0.25) is 0 Å². The number of hydrogen-bond donors (Lipinski definition) is 4. The van der Waals surface area contributed by atoms with E-state index in [4.69, 9.17) is 24.2 Å². The molecule has 4 amide bonds. The Kier molecular flexibility index (Phi) is 12.6. The largest absolute Gasteiger partial charge is 0.496 e. The zero-order valence-electron chi connectivity index (χ0n) is 34.7. The summed E-state index contributed by atoms with van der Waals surface area (Å²) in [6.07, 6.45) is 5.02. The monoisotopic (exact) mass is 865 g/mol. The van der Waals surface area contributed by atoms with Crippen molar-refractivity contribution in [1.82, 2.24) is 30.2 Å². The average Bonchev–Trinajstić information content (AvgIpc) is 4.09. The Bertz CT molecular complexity index is 2260. The molecular formula is C42H55N7O9S2. The van der Waals surface area contributed by atoms with Gasteiger partial charge in [-0.1, -0.05) is 32.8 Å². The molecule has 0 spiro atoms. The number of carbonyl (C=O) groups is 4. The zero-order chi connectivity index (χ0) is 42.9. The van der Waals surface area contributed by atoms with Gasteiger partial charge in [0, 0.05) is 41.3 Å². The minimum Gasteiger partial charge on any atom is -0.496 e. The normalized spacial score (nSPS) is 25.1. The first-order valence-corrected chi connectivity index (χ1v) is 23.2. The summed E-state index contributed by atoms with van der Waals surface area (Å²) in [6.45, 7) is 11.6. The maximum Gasteiger partial charge on any atom is 0.407 e. The number of alkyl carbamates (subject to hydrolysis) is 1. The molecule has 3 fully saturated rings. The number of ether oxygens (including phenoxy) is 3. The number of aryl methyl sites for hydroxylation is 1. The van der Waals surface area contributed by atoms with Crippen LogP contribution in [0.1, 0.15) is 84.6 Å². The van der Waals surface area contributed by atoms with Crippen LogP contribution in [-0.2, 0) is 35.6 Å². The van der Waals surface area contributed by atoms with Crippen molar-refractivity contribution >= 4 is 61.2 Å².